The van der Waals surface area contributed by atoms with Gasteiger partial charge >= 0.3 is 0 Å². The first-order valence-electron chi connectivity index (χ1n) is 4.02. The topological polar surface area (TPSA) is 72.6 Å². The first kappa shape index (κ1) is 8.55. The second-order valence-electron chi connectivity index (χ2n) is 2.92. The minimum absolute atomic E-state index is 0.0509. The highest BCUT2D eigenvalue weighted by Crippen LogP contribution is 2.23. The summed E-state index contributed by atoms with van der Waals surface area (Å²) in [6.07, 6.45) is 7.32. The molecule has 5 heteroatoms. The molecule has 2 aliphatic rings. The van der Waals surface area contributed by atoms with E-state index in [1.54, 1.807) is 6.08 Å². The summed E-state index contributed by atoms with van der Waals surface area (Å²) in [6.45, 7) is 0. The van der Waals surface area contributed by atoms with Gasteiger partial charge in [-0.25, -0.2) is 4.99 Å². The van der Waals surface area contributed by atoms with Gasteiger partial charge in [-0.3, -0.25) is 14.9 Å². The van der Waals surface area contributed by atoms with E-state index in [4.69, 9.17) is 0 Å². The van der Waals surface area contributed by atoms with Crippen LogP contribution in [0.3, 0.4) is 0 Å². The third kappa shape index (κ3) is 1.28. The molecule has 14 heavy (non-hydrogen) atoms. The fourth-order valence-electron chi connectivity index (χ4n) is 1.43. The first-order valence-corrected chi connectivity index (χ1v) is 4.02. The average molecular weight is 190 g/mol. The van der Waals surface area contributed by atoms with Crippen LogP contribution < -0.4 is 0 Å². The molecule has 0 aromatic heterocycles. The highest BCUT2D eigenvalue weighted by molar-refractivity contribution is 6.11. The number of aliphatic imine (C=N–C) groups is 1. The van der Waals surface area contributed by atoms with Crippen LogP contribution in [-0.2, 0) is 4.79 Å². The molecule has 1 heterocycles. The van der Waals surface area contributed by atoms with Crippen molar-refractivity contribution in [3.8, 4) is 0 Å². The van der Waals surface area contributed by atoms with Crippen molar-refractivity contribution in [2.75, 3.05) is 0 Å². The van der Waals surface area contributed by atoms with E-state index in [0.29, 0.717) is 5.71 Å². The lowest BCUT2D eigenvalue weighted by Crippen LogP contribution is -2.23. The Balaban J connectivity index is 2.42. The van der Waals surface area contributed by atoms with Crippen molar-refractivity contribution in [3.63, 3.8) is 0 Å². The molecule has 1 amide bonds. The summed E-state index contributed by atoms with van der Waals surface area (Å²) < 4.78 is 0. The van der Waals surface area contributed by atoms with Crippen molar-refractivity contribution in [3.05, 3.63) is 46.2 Å². The highest BCUT2D eigenvalue weighted by Gasteiger charge is 2.30. The van der Waals surface area contributed by atoms with Gasteiger partial charge in [-0.15, -0.1) is 0 Å². The molecule has 0 saturated heterocycles. The lowest BCUT2D eigenvalue weighted by atomic mass is 9.93. The number of carbonyl (C=O) groups excluding carboxylic acids is 1. The average Bonchev–Trinajstić information content (AvgIpc) is 2.16. The SMILES string of the molecule is O=C1C=CC2C([N+](=O)[O-])=CC=CC2=N1. The summed E-state index contributed by atoms with van der Waals surface area (Å²) in [5.41, 5.74) is 0.488. The van der Waals surface area contributed by atoms with E-state index in [0.717, 1.165) is 0 Å². The Morgan fingerprint density at radius 2 is 2.21 bits per heavy atom. The predicted octanol–water partition coefficient (Wildman–Crippen LogP) is 0.870. The van der Waals surface area contributed by atoms with Gasteiger partial charge in [0.2, 0.25) is 0 Å². The molecule has 1 atom stereocenters. The Morgan fingerprint density at radius 1 is 1.43 bits per heavy atom. The maximum Gasteiger partial charge on any atom is 0.269 e. The summed E-state index contributed by atoms with van der Waals surface area (Å²) in [5, 5.41) is 10.6. The van der Waals surface area contributed by atoms with E-state index >= 15 is 0 Å². The van der Waals surface area contributed by atoms with Crippen LogP contribution in [0.5, 0.6) is 0 Å². The van der Waals surface area contributed by atoms with Gasteiger partial charge in [0.15, 0.2) is 0 Å². The standard InChI is InChI=1S/C9H6N2O3/c12-9-5-4-6-7(10-9)2-1-3-8(6)11(13)14/h1-6H. The lowest BCUT2D eigenvalue weighted by molar-refractivity contribution is -0.429. The van der Waals surface area contributed by atoms with Crippen molar-refractivity contribution in [2.45, 2.75) is 0 Å². The van der Waals surface area contributed by atoms with Gasteiger partial charge in [-0.2, -0.15) is 0 Å². The summed E-state index contributed by atoms with van der Waals surface area (Å²) in [4.78, 5) is 24.8. The first-order chi connectivity index (χ1) is 6.68. The van der Waals surface area contributed by atoms with E-state index in [1.807, 2.05) is 0 Å². The van der Waals surface area contributed by atoms with Gasteiger partial charge in [-0.05, 0) is 6.08 Å². The quantitative estimate of drug-likeness (QED) is 0.455. The van der Waals surface area contributed by atoms with Gasteiger partial charge in [-0.1, -0.05) is 12.2 Å². The Kier molecular flexibility index (Phi) is 1.85. The van der Waals surface area contributed by atoms with E-state index in [1.165, 1.54) is 24.3 Å². The molecule has 1 aliphatic heterocycles. The van der Waals surface area contributed by atoms with Crippen molar-refractivity contribution in [2.24, 2.45) is 10.9 Å². The second-order valence-corrected chi connectivity index (χ2v) is 2.92. The third-order valence-corrected chi connectivity index (χ3v) is 2.05. The van der Waals surface area contributed by atoms with Crippen LogP contribution in [0.25, 0.3) is 0 Å². The predicted molar refractivity (Wildman–Crippen MR) is 49.3 cm³/mol. The third-order valence-electron chi connectivity index (χ3n) is 2.05. The molecule has 1 aliphatic carbocycles. The number of nitrogens with zero attached hydrogens (tertiary/aromatic N) is 2. The summed E-state index contributed by atoms with van der Waals surface area (Å²) >= 11 is 0. The molecule has 0 aromatic carbocycles. The maximum absolute atomic E-state index is 10.9. The number of dihydropyridines is 1. The van der Waals surface area contributed by atoms with Crippen LogP contribution in [0.15, 0.2) is 41.1 Å². The Bertz CT molecular complexity index is 429. The highest BCUT2D eigenvalue weighted by atomic mass is 16.6. The number of nitro groups is 1. The van der Waals surface area contributed by atoms with Crippen LogP contribution in [0.2, 0.25) is 0 Å². The molecule has 0 radical (unpaired) electrons. The van der Waals surface area contributed by atoms with Crippen molar-refractivity contribution >= 4 is 11.6 Å². The molecule has 0 aromatic rings. The van der Waals surface area contributed by atoms with Gasteiger partial charge in [0.25, 0.3) is 11.6 Å². The van der Waals surface area contributed by atoms with Gasteiger partial charge in [0.1, 0.15) is 5.92 Å². The van der Waals surface area contributed by atoms with Crippen LogP contribution in [-0.4, -0.2) is 16.5 Å². The number of rotatable bonds is 1. The summed E-state index contributed by atoms with van der Waals surface area (Å²) in [5.74, 6) is -0.849. The van der Waals surface area contributed by atoms with Crippen molar-refractivity contribution in [1.82, 2.24) is 0 Å². The Morgan fingerprint density at radius 3 is 2.93 bits per heavy atom. The maximum atomic E-state index is 10.9. The lowest BCUT2D eigenvalue weighted by Gasteiger charge is -2.15. The van der Waals surface area contributed by atoms with E-state index in [-0.39, 0.29) is 11.6 Å². The molecular weight excluding hydrogens is 184 g/mol. The van der Waals surface area contributed by atoms with Crippen LogP contribution in [0.1, 0.15) is 0 Å². The number of allylic oxidation sites excluding steroid dienone is 4. The zero-order chi connectivity index (χ0) is 10.1. The van der Waals surface area contributed by atoms with Crippen LogP contribution >= 0.6 is 0 Å². The molecule has 0 bridgehead atoms. The molecule has 2 rings (SSSR count). The fourth-order valence-corrected chi connectivity index (χ4v) is 1.43. The monoisotopic (exact) mass is 190 g/mol. The zero-order valence-corrected chi connectivity index (χ0v) is 7.08. The Hall–Kier alpha value is -2.04. The van der Waals surface area contributed by atoms with Crippen molar-refractivity contribution in [1.29, 1.82) is 0 Å². The zero-order valence-electron chi connectivity index (χ0n) is 7.08. The second kappa shape index (κ2) is 3.02. The summed E-state index contributed by atoms with van der Waals surface area (Å²) in [7, 11) is 0. The molecule has 0 N–H and O–H groups in total. The minimum atomic E-state index is -0.479. The van der Waals surface area contributed by atoms with E-state index in [2.05, 4.69) is 4.99 Å². The van der Waals surface area contributed by atoms with Crippen LogP contribution in [0, 0.1) is 16.0 Å². The molecular formula is C9H6N2O3. The largest absolute Gasteiger partial charge is 0.269 e. The number of amides is 1. The number of carbonyl (C=O) groups is 1. The Labute approximate surface area is 79.3 Å². The molecule has 70 valence electrons. The molecule has 5 nitrogen and oxygen atoms in total. The summed E-state index contributed by atoms with van der Waals surface area (Å²) in [6, 6.07) is 0. The molecule has 1 unspecified atom stereocenters. The number of hydrogen-bond acceptors (Lipinski definition) is 3. The molecule has 0 spiro atoms. The van der Waals surface area contributed by atoms with Gasteiger partial charge in [0, 0.05) is 12.2 Å². The van der Waals surface area contributed by atoms with Gasteiger partial charge in [0.05, 0.1) is 10.6 Å². The van der Waals surface area contributed by atoms with E-state index in [9.17, 15) is 14.9 Å². The smallest absolute Gasteiger partial charge is 0.267 e. The van der Waals surface area contributed by atoms with Crippen LogP contribution in [0.4, 0.5) is 0 Å². The fraction of sp³-hybridized carbons (Fsp3) is 0.111. The molecule has 0 saturated carbocycles. The van der Waals surface area contributed by atoms with Gasteiger partial charge < -0.3 is 0 Å². The number of fused-ring (bicyclic) bond motifs is 1. The molecule has 0 fully saturated rings. The number of hydrogen-bond donors (Lipinski definition) is 0. The minimum Gasteiger partial charge on any atom is -0.267 e. The van der Waals surface area contributed by atoms with Crippen molar-refractivity contribution < 1.29 is 9.72 Å². The normalized spacial score (nSPS) is 24.0. The van der Waals surface area contributed by atoms with E-state index < -0.39 is 10.8 Å².